The maximum Gasteiger partial charge on any atom is 0.279 e. The molecular formula is C23H26N3O3S+. The van der Waals surface area contributed by atoms with E-state index in [0.717, 1.165) is 18.8 Å². The molecule has 1 atom stereocenters. The van der Waals surface area contributed by atoms with Crippen LogP contribution >= 0.6 is 11.3 Å². The fraction of sp³-hybridized carbons (Fsp3) is 0.217. The van der Waals surface area contributed by atoms with Gasteiger partial charge in [-0.15, -0.1) is 11.3 Å². The Bertz CT molecular complexity index is 954. The SMILES string of the molecule is CC[NH+](CC(=O)Nc1ccc(C(=O)Nc2ccc(OC)cc2)cc1)Cc1cccs1. The van der Waals surface area contributed by atoms with Crippen molar-refractivity contribution in [2.45, 2.75) is 13.5 Å². The first-order valence-electron chi connectivity index (χ1n) is 9.78. The van der Waals surface area contributed by atoms with Crippen LogP contribution in [0.2, 0.25) is 0 Å². The van der Waals surface area contributed by atoms with Crippen molar-refractivity contribution in [1.82, 2.24) is 0 Å². The molecule has 0 radical (unpaired) electrons. The molecule has 3 N–H and O–H groups in total. The average Bonchev–Trinajstić information content (AvgIpc) is 3.27. The standard InChI is InChI=1S/C23H25N3O3S/c1-3-26(15-21-5-4-14-30-21)16-22(27)24-18-8-6-17(7-9-18)23(28)25-19-10-12-20(29-2)13-11-19/h4-14H,3,15-16H2,1-2H3,(H,24,27)(H,25,28)/p+1. The van der Waals surface area contributed by atoms with E-state index in [-0.39, 0.29) is 11.8 Å². The second kappa shape index (κ2) is 10.6. The molecule has 7 heteroatoms. The van der Waals surface area contributed by atoms with Crippen LogP contribution in [-0.2, 0) is 11.3 Å². The molecular weight excluding hydrogens is 398 g/mol. The second-order valence-corrected chi connectivity index (χ2v) is 7.88. The molecule has 3 rings (SSSR count). The van der Waals surface area contributed by atoms with Gasteiger partial charge >= 0.3 is 0 Å². The number of amides is 2. The number of anilines is 2. The molecule has 6 nitrogen and oxygen atoms in total. The van der Waals surface area contributed by atoms with Gasteiger partial charge in [-0.25, -0.2) is 0 Å². The van der Waals surface area contributed by atoms with Gasteiger partial charge in [0.15, 0.2) is 6.54 Å². The molecule has 0 aliphatic rings. The minimum Gasteiger partial charge on any atom is -0.497 e. The predicted octanol–water partition coefficient (Wildman–Crippen LogP) is 3.05. The van der Waals surface area contributed by atoms with Crippen molar-refractivity contribution in [3.63, 3.8) is 0 Å². The maximum absolute atomic E-state index is 12.4. The molecule has 0 saturated heterocycles. The van der Waals surface area contributed by atoms with E-state index >= 15 is 0 Å². The Morgan fingerprint density at radius 1 is 0.967 bits per heavy atom. The van der Waals surface area contributed by atoms with E-state index in [1.54, 1.807) is 67.0 Å². The Kier molecular flexibility index (Phi) is 7.59. The minimum absolute atomic E-state index is 0.0427. The highest BCUT2D eigenvalue weighted by Gasteiger charge is 2.14. The van der Waals surface area contributed by atoms with Gasteiger partial charge in [-0.1, -0.05) is 6.07 Å². The molecule has 0 bridgehead atoms. The van der Waals surface area contributed by atoms with Gasteiger partial charge in [0.05, 0.1) is 18.5 Å². The number of methoxy groups -OCH3 is 1. The summed E-state index contributed by atoms with van der Waals surface area (Å²) in [7, 11) is 1.60. The van der Waals surface area contributed by atoms with Crippen molar-refractivity contribution < 1.29 is 19.2 Å². The van der Waals surface area contributed by atoms with E-state index in [1.165, 1.54) is 9.78 Å². The Balaban J connectivity index is 1.52. The predicted molar refractivity (Wildman–Crippen MR) is 120 cm³/mol. The number of quaternary nitrogens is 1. The monoisotopic (exact) mass is 424 g/mol. The Morgan fingerprint density at radius 2 is 1.63 bits per heavy atom. The number of thiophene rings is 1. The normalized spacial score (nSPS) is 11.5. The first-order chi connectivity index (χ1) is 14.6. The molecule has 0 aliphatic carbocycles. The highest BCUT2D eigenvalue weighted by molar-refractivity contribution is 7.09. The molecule has 2 aromatic carbocycles. The highest BCUT2D eigenvalue weighted by Crippen LogP contribution is 2.16. The van der Waals surface area contributed by atoms with Crippen LogP contribution in [-0.4, -0.2) is 32.0 Å². The number of benzene rings is 2. The largest absolute Gasteiger partial charge is 0.497 e. The molecule has 1 heterocycles. The van der Waals surface area contributed by atoms with Crippen LogP contribution in [0.15, 0.2) is 66.0 Å². The van der Waals surface area contributed by atoms with Gasteiger partial charge in [-0.05, 0) is 66.9 Å². The molecule has 3 aromatic rings. The van der Waals surface area contributed by atoms with Gasteiger partial charge < -0.3 is 20.3 Å². The number of hydrogen-bond donors (Lipinski definition) is 3. The molecule has 156 valence electrons. The summed E-state index contributed by atoms with van der Waals surface area (Å²) in [6, 6.07) is 18.1. The lowest BCUT2D eigenvalue weighted by Crippen LogP contribution is -3.11. The molecule has 0 aliphatic heterocycles. The van der Waals surface area contributed by atoms with Crippen molar-refractivity contribution in [3.05, 3.63) is 76.5 Å². The third-order valence-corrected chi connectivity index (χ3v) is 5.57. The van der Waals surface area contributed by atoms with Gasteiger partial charge in [0.1, 0.15) is 12.3 Å². The third-order valence-electron chi connectivity index (χ3n) is 4.69. The van der Waals surface area contributed by atoms with E-state index in [9.17, 15) is 9.59 Å². The fourth-order valence-corrected chi connectivity index (χ4v) is 3.76. The molecule has 30 heavy (non-hydrogen) atoms. The first kappa shape index (κ1) is 21.5. The first-order valence-corrected chi connectivity index (χ1v) is 10.7. The Hall–Kier alpha value is -3.16. The molecule has 1 unspecified atom stereocenters. The Morgan fingerprint density at radius 3 is 2.23 bits per heavy atom. The lowest BCUT2D eigenvalue weighted by molar-refractivity contribution is -0.903. The van der Waals surface area contributed by atoms with E-state index in [4.69, 9.17) is 4.74 Å². The van der Waals surface area contributed by atoms with Crippen molar-refractivity contribution in [1.29, 1.82) is 0 Å². The van der Waals surface area contributed by atoms with Crippen LogP contribution < -0.4 is 20.3 Å². The van der Waals surface area contributed by atoms with Crippen LogP contribution in [0.3, 0.4) is 0 Å². The number of likely N-dealkylation sites (N-methyl/N-ethyl adjacent to an activating group) is 1. The topological polar surface area (TPSA) is 71.9 Å². The zero-order chi connectivity index (χ0) is 21.3. The third kappa shape index (κ3) is 6.17. The number of nitrogens with one attached hydrogen (secondary N) is 3. The number of hydrogen-bond acceptors (Lipinski definition) is 4. The number of ether oxygens (including phenoxy) is 1. The smallest absolute Gasteiger partial charge is 0.279 e. The Labute approximate surface area is 180 Å². The number of carbonyl (C=O) groups is 2. The fourth-order valence-electron chi connectivity index (χ4n) is 2.99. The number of carbonyl (C=O) groups excluding carboxylic acids is 2. The highest BCUT2D eigenvalue weighted by atomic mass is 32.1. The molecule has 1 aromatic heterocycles. The summed E-state index contributed by atoms with van der Waals surface area (Å²) in [6.45, 7) is 4.18. The summed E-state index contributed by atoms with van der Waals surface area (Å²) in [4.78, 5) is 27.3. The van der Waals surface area contributed by atoms with E-state index in [2.05, 4.69) is 29.0 Å². The quantitative estimate of drug-likeness (QED) is 0.494. The second-order valence-electron chi connectivity index (χ2n) is 6.84. The summed E-state index contributed by atoms with van der Waals surface area (Å²) in [5.41, 5.74) is 1.88. The molecule has 2 amide bonds. The summed E-state index contributed by atoms with van der Waals surface area (Å²) < 4.78 is 5.11. The zero-order valence-electron chi connectivity index (χ0n) is 17.1. The minimum atomic E-state index is -0.212. The molecule has 0 saturated carbocycles. The summed E-state index contributed by atoms with van der Waals surface area (Å²) in [5.74, 6) is 0.474. The molecule has 0 spiro atoms. The van der Waals surface area contributed by atoms with Crippen molar-refractivity contribution in [2.75, 3.05) is 30.8 Å². The van der Waals surface area contributed by atoms with Crippen molar-refractivity contribution in [2.24, 2.45) is 0 Å². The van der Waals surface area contributed by atoms with Crippen LogP contribution in [0.1, 0.15) is 22.2 Å². The maximum atomic E-state index is 12.4. The van der Waals surface area contributed by atoms with Crippen LogP contribution in [0.5, 0.6) is 5.75 Å². The van der Waals surface area contributed by atoms with Gasteiger partial charge in [-0.3, -0.25) is 9.59 Å². The summed E-state index contributed by atoms with van der Waals surface area (Å²) >= 11 is 1.71. The van der Waals surface area contributed by atoms with Crippen LogP contribution in [0.4, 0.5) is 11.4 Å². The summed E-state index contributed by atoms with van der Waals surface area (Å²) in [6.07, 6.45) is 0. The van der Waals surface area contributed by atoms with E-state index < -0.39 is 0 Å². The van der Waals surface area contributed by atoms with Gasteiger partial charge in [-0.2, -0.15) is 0 Å². The van der Waals surface area contributed by atoms with E-state index in [0.29, 0.717) is 23.5 Å². The zero-order valence-corrected chi connectivity index (χ0v) is 17.9. The van der Waals surface area contributed by atoms with Gasteiger partial charge in [0.25, 0.3) is 11.8 Å². The van der Waals surface area contributed by atoms with Crippen molar-refractivity contribution >= 4 is 34.5 Å². The lowest BCUT2D eigenvalue weighted by atomic mass is 10.2. The van der Waals surface area contributed by atoms with Gasteiger partial charge in [0, 0.05) is 16.9 Å². The van der Waals surface area contributed by atoms with Crippen LogP contribution in [0.25, 0.3) is 0 Å². The lowest BCUT2D eigenvalue weighted by Gasteiger charge is -2.16. The van der Waals surface area contributed by atoms with Crippen molar-refractivity contribution in [3.8, 4) is 5.75 Å². The number of rotatable bonds is 9. The van der Waals surface area contributed by atoms with Gasteiger partial charge in [0.2, 0.25) is 0 Å². The molecule has 0 fully saturated rings. The van der Waals surface area contributed by atoms with Crippen LogP contribution in [0, 0.1) is 0 Å². The van der Waals surface area contributed by atoms with E-state index in [1.807, 2.05) is 6.07 Å². The average molecular weight is 425 g/mol. The summed E-state index contributed by atoms with van der Waals surface area (Å²) in [5, 5.41) is 7.80.